The highest BCUT2D eigenvalue weighted by Gasteiger charge is 2.13. The van der Waals surface area contributed by atoms with Gasteiger partial charge in [0.2, 0.25) is 5.91 Å². The number of rotatable bonds is 7. The second-order valence-corrected chi connectivity index (χ2v) is 6.89. The number of hydrogen-bond acceptors (Lipinski definition) is 3. The van der Waals surface area contributed by atoms with Crippen molar-refractivity contribution >= 4 is 11.6 Å². The molecular formula is C22H28N2O2. The summed E-state index contributed by atoms with van der Waals surface area (Å²) in [5.74, 6) is 0.883. The lowest BCUT2D eigenvalue weighted by Crippen LogP contribution is -2.29. The predicted octanol–water partition coefficient (Wildman–Crippen LogP) is 4.25. The van der Waals surface area contributed by atoms with Crippen LogP contribution in [0, 0.1) is 0 Å². The Morgan fingerprint density at radius 2 is 1.88 bits per heavy atom. The second-order valence-electron chi connectivity index (χ2n) is 6.89. The Bertz CT molecular complexity index is 724. The van der Waals surface area contributed by atoms with Gasteiger partial charge in [-0.15, -0.1) is 0 Å². The number of nitrogens with one attached hydrogen (secondary N) is 1. The van der Waals surface area contributed by atoms with Gasteiger partial charge in [0, 0.05) is 18.7 Å². The Kier molecular flexibility index (Phi) is 6.67. The number of anilines is 1. The van der Waals surface area contributed by atoms with E-state index in [0.29, 0.717) is 12.8 Å². The zero-order chi connectivity index (χ0) is 18.2. The normalized spacial score (nSPS) is 14.8. The molecule has 0 bridgehead atoms. The number of methoxy groups -OCH3 is 1. The maximum Gasteiger partial charge on any atom is 0.224 e. The van der Waals surface area contributed by atoms with E-state index in [2.05, 4.69) is 16.3 Å². The minimum absolute atomic E-state index is 0.0546. The van der Waals surface area contributed by atoms with Crippen LogP contribution < -0.4 is 10.1 Å². The first-order chi connectivity index (χ1) is 12.7. The molecule has 1 heterocycles. The highest BCUT2D eigenvalue weighted by atomic mass is 16.5. The van der Waals surface area contributed by atoms with Crippen molar-refractivity contribution in [1.82, 2.24) is 4.90 Å². The molecule has 0 spiro atoms. The molecule has 0 saturated carbocycles. The van der Waals surface area contributed by atoms with E-state index >= 15 is 0 Å². The quantitative estimate of drug-likeness (QED) is 0.810. The van der Waals surface area contributed by atoms with Gasteiger partial charge in [-0.25, -0.2) is 0 Å². The molecule has 3 rings (SSSR count). The van der Waals surface area contributed by atoms with Crippen LogP contribution in [0.1, 0.15) is 36.8 Å². The van der Waals surface area contributed by atoms with Crippen LogP contribution >= 0.6 is 0 Å². The summed E-state index contributed by atoms with van der Waals surface area (Å²) in [4.78, 5) is 14.9. The van der Waals surface area contributed by atoms with E-state index in [1.807, 2.05) is 42.5 Å². The standard InChI is InChI=1S/C22H28N2O2/c1-26-20-10-7-8-18(16-20)12-13-22(25)23-21-11-4-3-9-19(21)17-24-14-5-2-6-15-24/h3-4,7-11,16H,2,5-6,12-15,17H2,1H3,(H,23,25). The third kappa shape index (κ3) is 5.33. The lowest BCUT2D eigenvalue weighted by Gasteiger charge is -2.27. The Hall–Kier alpha value is -2.33. The molecule has 138 valence electrons. The molecule has 2 aromatic rings. The largest absolute Gasteiger partial charge is 0.497 e. The molecule has 4 nitrogen and oxygen atoms in total. The van der Waals surface area contributed by atoms with Crippen LogP contribution in [0.15, 0.2) is 48.5 Å². The average Bonchev–Trinajstić information content (AvgIpc) is 2.69. The molecule has 1 aliphatic heterocycles. The van der Waals surface area contributed by atoms with E-state index in [0.717, 1.165) is 36.6 Å². The number of piperidine rings is 1. The fourth-order valence-electron chi connectivity index (χ4n) is 3.44. The first kappa shape index (κ1) is 18.5. The lowest BCUT2D eigenvalue weighted by molar-refractivity contribution is -0.116. The fourth-order valence-corrected chi connectivity index (χ4v) is 3.44. The number of nitrogens with zero attached hydrogens (tertiary/aromatic N) is 1. The number of carbonyl (C=O) groups excluding carboxylic acids is 1. The first-order valence-electron chi connectivity index (χ1n) is 9.47. The highest BCUT2D eigenvalue weighted by Crippen LogP contribution is 2.20. The predicted molar refractivity (Wildman–Crippen MR) is 106 cm³/mol. The number of benzene rings is 2. The number of amides is 1. The van der Waals surface area contributed by atoms with Gasteiger partial charge in [-0.05, 0) is 61.7 Å². The van der Waals surface area contributed by atoms with Crippen LogP contribution in [0.5, 0.6) is 5.75 Å². The van der Waals surface area contributed by atoms with Crippen molar-refractivity contribution in [2.75, 3.05) is 25.5 Å². The molecule has 0 atom stereocenters. The molecule has 1 N–H and O–H groups in total. The fraction of sp³-hybridized carbons (Fsp3) is 0.409. The van der Waals surface area contributed by atoms with Crippen LogP contribution in [-0.4, -0.2) is 31.0 Å². The minimum Gasteiger partial charge on any atom is -0.497 e. The number of hydrogen-bond donors (Lipinski definition) is 1. The molecule has 1 saturated heterocycles. The summed E-state index contributed by atoms with van der Waals surface area (Å²) < 4.78 is 5.24. The van der Waals surface area contributed by atoms with Crippen molar-refractivity contribution < 1.29 is 9.53 Å². The summed E-state index contributed by atoms with van der Waals surface area (Å²) in [6, 6.07) is 16.0. The van der Waals surface area contributed by atoms with Gasteiger partial charge in [0.1, 0.15) is 5.75 Å². The molecule has 1 aliphatic rings. The summed E-state index contributed by atoms with van der Waals surface area (Å²) in [6.07, 6.45) is 5.05. The maximum atomic E-state index is 12.4. The summed E-state index contributed by atoms with van der Waals surface area (Å²) >= 11 is 0. The van der Waals surface area contributed by atoms with Crippen LogP contribution in [0.3, 0.4) is 0 Å². The molecule has 0 aromatic heterocycles. The first-order valence-corrected chi connectivity index (χ1v) is 9.47. The van der Waals surface area contributed by atoms with Crippen molar-refractivity contribution in [1.29, 1.82) is 0 Å². The molecule has 0 unspecified atom stereocenters. The summed E-state index contributed by atoms with van der Waals surface area (Å²) in [7, 11) is 1.66. The van der Waals surface area contributed by atoms with E-state index < -0.39 is 0 Å². The average molecular weight is 352 g/mol. The van der Waals surface area contributed by atoms with Gasteiger partial charge >= 0.3 is 0 Å². The zero-order valence-electron chi connectivity index (χ0n) is 15.5. The van der Waals surface area contributed by atoms with Gasteiger partial charge in [0.25, 0.3) is 0 Å². The number of aryl methyl sites for hydroxylation is 1. The third-order valence-electron chi connectivity index (χ3n) is 4.91. The molecule has 4 heteroatoms. The molecular weight excluding hydrogens is 324 g/mol. The zero-order valence-corrected chi connectivity index (χ0v) is 15.5. The third-order valence-corrected chi connectivity index (χ3v) is 4.91. The Labute approximate surface area is 156 Å². The van der Waals surface area contributed by atoms with E-state index in [-0.39, 0.29) is 5.91 Å². The van der Waals surface area contributed by atoms with Crippen molar-refractivity contribution in [3.05, 3.63) is 59.7 Å². The van der Waals surface area contributed by atoms with E-state index in [4.69, 9.17) is 4.74 Å². The van der Waals surface area contributed by atoms with Gasteiger partial charge < -0.3 is 10.1 Å². The molecule has 1 fully saturated rings. The monoisotopic (exact) mass is 352 g/mol. The van der Waals surface area contributed by atoms with Gasteiger partial charge in [0.05, 0.1) is 7.11 Å². The van der Waals surface area contributed by atoms with Gasteiger partial charge in [-0.3, -0.25) is 9.69 Å². The van der Waals surface area contributed by atoms with Crippen LogP contribution in [0.2, 0.25) is 0 Å². The van der Waals surface area contributed by atoms with E-state index in [9.17, 15) is 4.79 Å². The summed E-state index contributed by atoms with van der Waals surface area (Å²) in [6.45, 7) is 3.21. The second kappa shape index (κ2) is 9.39. The Balaban J connectivity index is 1.56. The van der Waals surface area contributed by atoms with Gasteiger partial charge in [0.15, 0.2) is 0 Å². The van der Waals surface area contributed by atoms with Gasteiger partial charge in [-0.1, -0.05) is 36.8 Å². The van der Waals surface area contributed by atoms with Crippen molar-refractivity contribution in [2.45, 2.75) is 38.6 Å². The van der Waals surface area contributed by atoms with E-state index in [1.54, 1.807) is 7.11 Å². The molecule has 26 heavy (non-hydrogen) atoms. The lowest BCUT2D eigenvalue weighted by atomic mass is 10.1. The number of ether oxygens (including phenoxy) is 1. The van der Waals surface area contributed by atoms with Crippen LogP contribution in [0.4, 0.5) is 5.69 Å². The van der Waals surface area contributed by atoms with Crippen molar-refractivity contribution in [3.63, 3.8) is 0 Å². The molecule has 0 aliphatic carbocycles. The SMILES string of the molecule is COc1cccc(CCC(=O)Nc2ccccc2CN2CCCCC2)c1. The minimum atomic E-state index is 0.0546. The maximum absolute atomic E-state index is 12.4. The molecule has 0 radical (unpaired) electrons. The number of para-hydroxylation sites is 1. The smallest absolute Gasteiger partial charge is 0.224 e. The Morgan fingerprint density at radius 1 is 1.08 bits per heavy atom. The summed E-state index contributed by atoms with van der Waals surface area (Å²) in [5, 5.41) is 3.10. The van der Waals surface area contributed by atoms with Crippen molar-refractivity contribution in [3.8, 4) is 5.75 Å². The van der Waals surface area contributed by atoms with Crippen LogP contribution in [-0.2, 0) is 17.8 Å². The molecule has 1 amide bonds. The van der Waals surface area contributed by atoms with E-state index in [1.165, 1.54) is 24.8 Å². The number of likely N-dealkylation sites (tertiary alicyclic amines) is 1. The van der Waals surface area contributed by atoms with Crippen LogP contribution in [0.25, 0.3) is 0 Å². The topological polar surface area (TPSA) is 41.6 Å². The number of carbonyl (C=O) groups is 1. The summed E-state index contributed by atoms with van der Waals surface area (Å²) in [5.41, 5.74) is 3.25. The Morgan fingerprint density at radius 3 is 2.69 bits per heavy atom. The van der Waals surface area contributed by atoms with Crippen molar-refractivity contribution in [2.24, 2.45) is 0 Å². The van der Waals surface area contributed by atoms with Gasteiger partial charge in [-0.2, -0.15) is 0 Å². The highest BCUT2D eigenvalue weighted by molar-refractivity contribution is 5.91. The molecule has 2 aromatic carbocycles.